The Balaban J connectivity index is 2.14. The summed E-state index contributed by atoms with van der Waals surface area (Å²) in [5.74, 6) is 0.545. The maximum Gasteiger partial charge on any atom is 0.416 e. The van der Waals surface area contributed by atoms with E-state index in [0.29, 0.717) is 22.5 Å². The molecule has 3 aromatic rings. The van der Waals surface area contributed by atoms with E-state index in [-0.39, 0.29) is 12.8 Å². The third-order valence-electron chi connectivity index (χ3n) is 5.59. The minimum atomic E-state index is -4.60. The summed E-state index contributed by atoms with van der Waals surface area (Å²) in [6, 6.07) is 8.92. The molecule has 2 heterocycles. The molecule has 9 heteroatoms. The van der Waals surface area contributed by atoms with E-state index >= 15 is 0 Å². The Hall–Kier alpha value is -1.84. The van der Waals surface area contributed by atoms with Crippen LogP contribution in [0.25, 0.3) is 10.9 Å². The molecule has 0 aliphatic heterocycles. The van der Waals surface area contributed by atoms with Crippen molar-refractivity contribution in [2.24, 2.45) is 0 Å². The molecule has 1 N–H and O–H groups in total. The number of hydrogen-bond donors (Lipinski definition) is 1. The Morgan fingerprint density at radius 2 is 1.79 bits per heavy atom. The molecular weight excluding hydrogens is 513 g/mol. The molecular formula is C24H30BrF3N2O2Si. The van der Waals surface area contributed by atoms with E-state index in [2.05, 4.69) is 25.9 Å². The molecule has 1 aromatic carbocycles. The molecule has 0 radical (unpaired) electrons. The first-order chi connectivity index (χ1) is 15.2. The first-order valence-electron chi connectivity index (χ1n) is 10.7. The van der Waals surface area contributed by atoms with Gasteiger partial charge in [0, 0.05) is 33.7 Å². The third kappa shape index (κ3) is 5.81. The number of halogens is 4. The number of nitrogens with one attached hydrogen (secondary N) is 1. The molecule has 0 aliphatic rings. The molecule has 0 saturated heterocycles. The van der Waals surface area contributed by atoms with Gasteiger partial charge in [-0.05, 0) is 61.8 Å². The van der Waals surface area contributed by atoms with Gasteiger partial charge in [-0.15, -0.1) is 0 Å². The minimum Gasteiger partial charge on any atom is -0.496 e. The Labute approximate surface area is 202 Å². The lowest BCUT2D eigenvalue weighted by Gasteiger charge is -2.45. The van der Waals surface area contributed by atoms with E-state index in [4.69, 9.17) is 9.16 Å². The van der Waals surface area contributed by atoms with E-state index in [1.165, 1.54) is 7.11 Å². The second-order valence-electron chi connectivity index (χ2n) is 10.0. The highest BCUT2D eigenvalue weighted by Crippen LogP contribution is 2.48. The van der Waals surface area contributed by atoms with Crippen LogP contribution in [0.4, 0.5) is 13.2 Å². The van der Waals surface area contributed by atoms with Gasteiger partial charge >= 0.3 is 6.18 Å². The smallest absolute Gasteiger partial charge is 0.416 e. The zero-order valence-corrected chi connectivity index (χ0v) is 22.3. The number of nitrogens with zero attached hydrogens (tertiary/aromatic N) is 1. The minimum absolute atomic E-state index is 0.270. The largest absolute Gasteiger partial charge is 0.496 e. The van der Waals surface area contributed by atoms with Gasteiger partial charge in [0.1, 0.15) is 5.75 Å². The van der Waals surface area contributed by atoms with Crippen LogP contribution in [-0.2, 0) is 16.3 Å². The van der Waals surface area contributed by atoms with Crippen LogP contribution in [0.1, 0.15) is 31.5 Å². The summed E-state index contributed by atoms with van der Waals surface area (Å²) >= 11 is 3.45. The van der Waals surface area contributed by atoms with Crippen molar-refractivity contribution >= 4 is 35.2 Å². The first kappa shape index (κ1) is 25.8. The Kier molecular flexibility index (Phi) is 7.09. The summed E-state index contributed by atoms with van der Waals surface area (Å²) < 4.78 is 57.3. The summed E-state index contributed by atoms with van der Waals surface area (Å²) in [6.45, 7) is 8.97. The van der Waals surface area contributed by atoms with Crippen molar-refractivity contribution in [1.82, 2.24) is 9.97 Å². The van der Waals surface area contributed by atoms with Crippen molar-refractivity contribution in [1.29, 1.82) is 0 Å². The SMILES string of the molecule is COc1ccc(Br)cc1C(C)(C)C[C@](Cc1cc2ccncc2[nH]1)(O[Si](C)(C)C)C(F)(F)F. The molecule has 1 atom stereocenters. The lowest BCUT2D eigenvalue weighted by Crippen LogP contribution is -2.57. The predicted molar refractivity (Wildman–Crippen MR) is 131 cm³/mol. The lowest BCUT2D eigenvalue weighted by atomic mass is 9.73. The first-order valence-corrected chi connectivity index (χ1v) is 14.9. The highest BCUT2D eigenvalue weighted by atomic mass is 79.9. The lowest BCUT2D eigenvalue weighted by molar-refractivity contribution is -0.258. The third-order valence-corrected chi connectivity index (χ3v) is 7.09. The van der Waals surface area contributed by atoms with Crippen molar-refractivity contribution in [3.63, 3.8) is 0 Å². The van der Waals surface area contributed by atoms with E-state index in [1.807, 2.05) is 12.1 Å². The molecule has 0 amide bonds. The standard InChI is InChI=1S/C24H30BrF3N2O2Si/c1-22(2,19-12-17(25)7-8-21(19)31-3)15-23(24(26,27)28,32-33(4,5)6)13-18-11-16-9-10-29-14-20(16)30-18/h7-12,14,30H,13,15H2,1-6H3/t23-/m0/s1. The van der Waals surface area contributed by atoms with Gasteiger partial charge in [-0.1, -0.05) is 29.8 Å². The van der Waals surface area contributed by atoms with Crippen LogP contribution >= 0.6 is 15.9 Å². The number of hydrogen-bond acceptors (Lipinski definition) is 3. The number of alkyl halides is 3. The maximum absolute atomic E-state index is 15.0. The summed E-state index contributed by atoms with van der Waals surface area (Å²) in [6.07, 6.45) is -1.95. The van der Waals surface area contributed by atoms with Gasteiger partial charge in [0.2, 0.25) is 0 Å². The van der Waals surface area contributed by atoms with E-state index < -0.39 is 25.5 Å². The summed E-state index contributed by atoms with van der Waals surface area (Å²) in [5, 5.41) is 0.817. The second-order valence-corrected chi connectivity index (χ2v) is 15.4. The fraction of sp³-hybridized carbons (Fsp3) is 0.458. The average molecular weight is 544 g/mol. The van der Waals surface area contributed by atoms with E-state index in [1.54, 1.807) is 64.1 Å². The van der Waals surface area contributed by atoms with Crippen molar-refractivity contribution in [3.8, 4) is 5.75 Å². The number of methoxy groups -OCH3 is 1. The van der Waals surface area contributed by atoms with Crippen LogP contribution in [0, 0.1) is 0 Å². The van der Waals surface area contributed by atoms with Gasteiger partial charge in [0.05, 0.1) is 18.8 Å². The molecule has 0 fully saturated rings. The van der Waals surface area contributed by atoms with Crippen LogP contribution < -0.4 is 4.74 Å². The van der Waals surface area contributed by atoms with Crippen LogP contribution in [0.5, 0.6) is 5.75 Å². The van der Waals surface area contributed by atoms with Crippen LogP contribution in [0.2, 0.25) is 19.6 Å². The molecule has 0 unspecified atom stereocenters. The number of benzene rings is 1. The van der Waals surface area contributed by atoms with Gasteiger partial charge in [-0.25, -0.2) is 0 Å². The number of ether oxygens (including phenoxy) is 1. The number of H-pyrrole nitrogens is 1. The van der Waals surface area contributed by atoms with Crippen molar-refractivity contribution in [2.45, 2.75) is 63.5 Å². The number of aromatic amines is 1. The van der Waals surface area contributed by atoms with Gasteiger partial charge < -0.3 is 14.1 Å². The monoisotopic (exact) mass is 542 g/mol. The fourth-order valence-corrected chi connectivity index (χ4v) is 6.23. The summed E-state index contributed by atoms with van der Waals surface area (Å²) in [5.41, 5.74) is -1.44. The van der Waals surface area contributed by atoms with Crippen LogP contribution in [0.3, 0.4) is 0 Å². The molecule has 2 aromatic heterocycles. The predicted octanol–water partition coefficient (Wildman–Crippen LogP) is 7.40. The molecule has 0 spiro atoms. The molecule has 4 nitrogen and oxygen atoms in total. The number of rotatable bonds is 8. The Bertz CT molecular complexity index is 1090. The highest BCUT2D eigenvalue weighted by Gasteiger charge is 2.59. The Morgan fingerprint density at radius 3 is 2.36 bits per heavy atom. The van der Waals surface area contributed by atoms with Crippen molar-refractivity contribution in [3.05, 3.63) is 58.5 Å². The normalized spacial score (nSPS) is 15.0. The van der Waals surface area contributed by atoms with Crippen molar-refractivity contribution in [2.75, 3.05) is 7.11 Å². The average Bonchev–Trinajstić information content (AvgIpc) is 3.07. The van der Waals surface area contributed by atoms with E-state index in [9.17, 15) is 13.2 Å². The quantitative estimate of drug-likeness (QED) is 0.301. The number of pyridine rings is 1. The Morgan fingerprint density at radius 1 is 1.09 bits per heavy atom. The molecule has 0 saturated carbocycles. The zero-order valence-electron chi connectivity index (χ0n) is 19.7. The summed E-state index contributed by atoms with van der Waals surface area (Å²) in [7, 11) is -1.09. The summed E-state index contributed by atoms with van der Waals surface area (Å²) in [4.78, 5) is 7.17. The van der Waals surface area contributed by atoms with E-state index in [0.717, 1.165) is 9.86 Å². The van der Waals surface area contributed by atoms with Gasteiger partial charge in [0.15, 0.2) is 13.9 Å². The maximum atomic E-state index is 15.0. The molecule has 0 aliphatic carbocycles. The second kappa shape index (κ2) is 9.07. The number of fused-ring (bicyclic) bond motifs is 1. The number of aromatic nitrogens is 2. The molecule has 180 valence electrons. The van der Waals surface area contributed by atoms with Gasteiger partial charge in [-0.2, -0.15) is 13.2 Å². The van der Waals surface area contributed by atoms with Crippen LogP contribution in [0.15, 0.2) is 47.2 Å². The molecule has 33 heavy (non-hydrogen) atoms. The topological polar surface area (TPSA) is 47.1 Å². The van der Waals surface area contributed by atoms with Gasteiger partial charge in [-0.3, -0.25) is 4.98 Å². The fourth-order valence-electron chi connectivity index (χ4n) is 4.43. The van der Waals surface area contributed by atoms with Crippen LogP contribution in [-0.4, -0.2) is 37.2 Å². The molecule has 3 rings (SSSR count). The van der Waals surface area contributed by atoms with Crippen molar-refractivity contribution < 1.29 is 22.3 Å². The molecule has 0 bridgehead atoms. The highest BCUT2D eigenvalue weighted by molar-refractivity contribution is 9.10. The van der Waals surface area contributed by atoms with Gasteiger partial charge in [0.25, 0.3) is 0 Å². The zero-order chi connectivity index (χ0) is 24.7.